The first-order valence-corrected chi connectivity index (χ1v) is 6.79. The summed E-state index contributed by atoms with van der Waals surface area (Å²) in [4.78, 5) is 27.1. The van der Waals surface area contributed by atoms with E-state index in [-0.39, 0.29) is 29.9 Å². The van der Waals surface area contributed by atoms with Crippen LogP contribution in [0, 0.1) is 0 Å². The molecule has 104 valence electrons. The Morgan fingerprint density at radius 2 is 2.00 bits per heavy atom. The molecule has 0 saturated carbocycles. The van der Waals surface area contributed by atoms with Gasteiger partial charge >= 0.3 is 0 Å². The van der Waals surface area contributed by atoms with Gasteiger partial charge in [0.05, 0.1) is 12.2 Å². The predicted octanol–water partition coefficient (Wildman–Crippen LogP) is 0.364. The van der Waals surface area contributed by atoms with E-state index in [0.717, 1.165) is 17.3 Å². The van der Waals surface area contributed by atoms with Gasteiger partial charge in [0.15, 0.2) is 0 Å². The quantitative estimate of drug-likeness (QED) is 0.686. The second-order valence-corrected chi connectivity index (χ2v) is 4.87. The number of thioether (sulfide) groups is 1. The molecule has 0 bridgehead atoms. The second kappa shape index (κ2) is 6.71. The average molecular weight is 291 g/mol. The number of nitrogens with two attached hydrogens (primary N) is 1. The summed E-state index contributed by atoms with van der Waals surface area (Å²) < 4.78 is 0. The number of H-pyrrole nitrogens is 1. The van der Waals surface area contributed by atoms with Crippen molar-refractivity contribution in [2.24, 2.45) is 0 Å². The summed E-state index contributed by atoms with van der Waals surface area (Å²) in [7, 11) is 0. The zero-order valence-electron chi connectivity index (χ0n) is 10.5. The first kappa shape index (κ1) is 14.1. The molecule has 0 spiro atoms. The van der Waals surface area contributed by atoms with Gasteiger partial charge in [0.25, 0.3) is 0 Å². The van der Waals surface area contributed by atoms with Crippen LogP contribution >= 0.6 is 11.8 Å². The van der Waals surface area contributed by atoms with Gasteiger partial charge in [-0.1, -0.05) is 42.1 Å². The van der Waals surface area contributed by atoms with Crippen LogP contribution in [0.3, 0.4) is 0 Å². The second-order valence-electron chi connectivity index (χ2n) is 3.93. The van der Waals surface area contributed by atoms with Gasteiger partial charge in [0.2, 0.25) is 22.9 Å². The highest BCUT2D eigenvalue weighted by Crippen LogP contribution is 2.11. The standard InChI is InChI=1S/C12H13N5O2S/c13-11-15-12(17-16-11)20-7-10(19)14-9(18)6-8-4-2-1-3-5-8/h1-5H,6-7H2,(H,14,18,19)(H3,13,15,16,17). The molecule has 0 saturated heterocycles. The lowest BCUT2D eigenvalue weighted by Crippen LogP contribution is -2.33. The normalized spacial score (nSPS) is 10.2. The summed E-state index contributed by atoms with van der Waals surface area (Å²) in [6, 6.07) is 9.21. The molecule has 2 amide bonds. The van der Waals surface area contributed by atoms with Crippen molar-refractivity contribution in [1.82, 2.24) is 20.5 Å². The van der Waals surface area contributed by atoms with Crippen LogP contribution in [0.4, 0.5) is 5.95 Å². The Morgan fingerprint density at radius 1 is 1.25 bits per heavy atom. The van der Waals surface area contributed by atoms with E-state index in [2.05, 4.69) is 20.5 Å². The van der Waals surface area contributed by atoms with E-state index in [4.69, 9.17) is 5.73 Å². The minimum atomic E-state index is -0.390. The number of imide groups is 1. The molecule has 7 nitrogen and oxygen atoms in total. The molecule has 0 aliphatic heterocycles. The predicted molar refractivity (Wildman–Crippen MR) is 74.8 cm³/mol. The number of aromatic nitrogens is 3. The molecule has 8 heteroatoms. The maximum Gasteiger partial charge on any atom is 0.237 e. The monoisotopic (exact) mass is 291 g/mol. The highest BCUT2D eigenvalue weighted by atomic mass is 32.2. The number of amides is 2. The van der Waals surface area contributed by atoms with Crippen LogP contribution in [-0.4, -0.2) is 32.7 Å². The van der Waals surface area contributed by atoms with Crippen molar-refractivity contribution in [2.75, 3.05) is 11.5 Å². The maximum atomic E-state index is 11.6. The Kier molecular flexibility index (Phi) is 4.72. The van der Waals surface area contributed by atoms with Gasteiger partial charge in [0, 0.05) is 0 Å². The minimum Gasteiger partial charge on any atom is -0.368 e. The van der Waals surface area contributed by atoms with Crippen molar-refractivity contribution in [3.8, 4) is 0 Å². The number of hydrogen-bond acceptors (Lipinski definition) is 6. The van der Waals surface area contributed by atoms with Crippen LogP contribution in [0.25, 0.3) is 0 Å². The molecule has 0 radical (unpaired) electrons. The fourth-order valence-corrected chi connectivity index (χ4v) is 2.08. The van der Waals surface area contributed by atoms with Crippen molar-refractivity contribution in [1.29, 1.82) is 0 Å². The van der Waals surface area contributed by atoms with Gasteiger partial charge in [-0.2, -0.15) is 4.98 Å². The Bertz CT molecular complexity index is 599. The zero-order valence-corrected chi connectivity index (χ0v) is 11.3. The van der Waals surface area contributed by atoms with E-state index in [1.165, 1.54) is 0 Å². The lowest BCUT2D eigenvalue weighted by molar-refractivity contribution is -0.128. The molecule has 0 atom stereocenters. The van der Waals surface area contributed by atoms with E-state index in [0.29, 0.717) is 5.16 Å². The number of anilines is 1. The van der Waals surface area contributed by atoms with E-state index >= 15 is 0 Å². The highest BCUT2D eigenvalue weighted by Gasteiger charge is 2.10. The first-order chi connectivity index (χ1) is 9.63. The number of nitrogens with one attached hydrogen (secondary N) is 2. The number of hydrogen-bond donors (Lipinski definition) is 3. The molecule has 1 heterocycles. The van der Waals surface area contributed by atoms with Crippen LogP contribution in [0.5, 0.6) is 0 Å². The van der Waals surface area contributed by atoms with Crippen LogP contribution < -0.4 is 11.1 Å². The van der Waals surface area contributed by atoms with Crippen molar-refractivity contribution < 1.29 is 9.59 Å². The summed E-state index contributed by atoms with van der Waals surface area (Å²) in [6.07, 6.45) is 0.171. The number of aromatic amines is 1. The van der Waals surface area contributed by atoms with Crippen LogP contribution in [0.2, 0.25) is 0 Å². The Hall–Kier alpha value is -2.35. The fourth-order valence-electron chi connectivity index (χ4n) is 1.47. The molecule has 2 rings (SSSR count). The van der Waals surface area contributed by atoms with Crippen molar-refractivity contribution in [3.63, 3.8) is 0 Å². The summed E-state index contributed by atoms with van der Waals surface area (Å²) >= 11 is 1.10. The molecule has 0 unspecified atom stereocenters. The molecule has 2 aromatic rings. The van der Waals surface area contributed by atoms with Gasteiger partial charge in [-0.15, -0.1) is 5.10 Å². The van der Waals surface area contributed by atoms with Crippen molar-refractivity contribution in [3.05, 3.63) is 35.9 Å². The van der Waals surface area contributed by atoms with E-state index in [1.54, 1.807) is 0 Å². The van der Waals surface area contributed by atoms with E-state index < -0.39 is 0 Å². The summed E-state index contributed by atoms with van der Waals surface area (Å²) in [5, 5.41) is 8.91. The van der Waals surface area contributed by atoms with Crippen molar-refractivity contribution in [2.45, 2.75) is 11.6 Å². The molecule has 1 aromatic carbocycles. The number of nitrogens with zero attached hydrogens (tertiary/aromatic N) is 2. The number of carbonyl (C=O) groups is 2. The zero-order chi connectivity index (χ0) is 14.4. The highest BCUT2D eigenvalue weighted by molar-refractivity contribution is 7.99. The first-order valence-electron chi connectivity index (χ1n) is 5.81. The average Bonchev–Trinajstić information content (AvgIpc) is 2.83. The van der Waals surface area contributed by atoms with E-state index in [1.807, 2.05) is 30.3 Å². The molecule has 1 aromatic heterocycles. The minimum absolute atomic E-state index is 0.0534. The van der Waals surface area contributed by atoms with Crippen molar-refractivity contribution >= 4 is 29.5 Å². The molecule has 20 heavy (non-hydrogen) atoms. The van der Waals surface area contributed by atoms with Gasteiger partial charge in [0.1, 0.15) is 0 Å². The van der Waals surface area contributed by atoms with Gasteiger partial charge in [-0.25, -0.2) is 5.10 Å². The Labute approximate surface area is 119 Å². The summed E-state index contributed by atoms with van der Waals surface area (Å²) in [5.41, 5.74) is 6.21. The Morgan fingerprint density at radius 3 is 2.65 bits per heavy atom. The fraction of sp³-hybridized carbons (Fsp3) is 0.167. The molecule has 0 aliphatic carbocycles. The molecule has 4 N–H and O–H groups in total. The number of benzene rings is 1. The van der Waals surface area contributed by atoms with Gasteiger partial charge < -0.3 is 5.73 Å². The molecular weight excluding hydrogens is 278 g/mol. The number of rotatable bonds is 5. The number of nitrogen functional groups attached to an aromatic ring is 1. The van der Waals surface area contributed by atoms with Gasteiger partial charge in [-0.05, 0) is 5.56 Å². The topological polar surface area (TPSA) is 114 Å². The third-order valence-electron chi connectivity index (χ3n) is 2.30. The third-order valence-corrected chi connectivity index (χ3v) is 3.15. The summed E-state index contributed by atoms with van der Waals surface area (Å²) in [6.45, 7) is 0. The lowest BCUT2D eigenvalue weighted by Gasteiger charge is -2.03. The molecule has 0 fully saturated rings. The lowest BCUT2D eigenvalue weighted by atomic mass is 10.1. The SMILES string of the molecule is Nc1nc(SCC(=O)NC(=O)Cc2ccccc2)n[nH]1. The third kappa shape index (κ3) is 4.39. The number of carbonyl (C=O) groups excluding carboxylic acids is 2. The van der Waals surface area contributed by atoms with Crippen LogP contribution in [0.1, 0.15) is 5.56 Å². The summed E-state index contributed by atoms with van der Waals surface area (Å²) in [5.74, 6) is -0.485. The Balaban J connectivity index is 1.75. The molecule has 0 aliphatic rings. The molecular formula is C12H13N5O2S. The van der Waals surface area contributed by atoms with Gasteiger partial charge in [-0.3, -0.25) is 14.9 Å². The van der Waals surface area contributed by atoms with E-state index in [9.17, 15) is 9.59 Å². The van der Waals surface area contributed by atoms with Crippen LogP contribution in [0.15, 0.2) is 35.5 Å². The largest absolute Gasteiger partial charge is 0.368 e. The van der Waals surface area contributed by atoms with Crippen LogP contribution in [-0.2, 0) is 16.0 Å². The smallest absolute Gasteiger partial charge is 0.237 e. The maximum absolute atomic E-state index is 11.6.